The van der Waals surface area contributed by atoms with E-state index in [1.807, 2.05) is 6.92 Å². The second-order valence-electron chi connectivity index (χ2n) is 9.35. The van der Waals surface area contributed by atoms with Crippen molar-refractivity contribution in [1.82, 2.24) is 4.90 Å². The number of hydrogen-bond acceptors (Lipinski definition) is 7. The summed E-state index contributed by atoms with van der Waals surface area (Å²) in [6.45, 7) is 5.33. The molecule has 39 heavy (non-hydrogen) atoms. The van der Waals surface area contributed by atoms with Gasteiger partial charge in [0.05, 0.1) is 44.7 Å². The number of carbonyl (C=O) groups excluding carboxylic acids is 2. The van der Waals surface area contributed by atoms with Crippen molar-refractivity contribution in [3.05, 3.63) is 83.3 Å². The van der Waals surface area contributed by atoms with E-state index in [4.69, 9.17) is 18.6 Å². The molecular formula is C31H35NO7. The summed E-state index contributed by atoms with van der Waals surface area (Å²) in [4.78, 5) is 28.0. The van der Waals surface area contributed by atoms with Crippen LogP contribution in [0.4, 0.5) is 0 Å². The van der Waals surface area contributed by atoms with Gasteiger partial charge in [0.1, 0.15) is 17.3 Å². The number of benzene rings is 2. The van der Waals surface area contributed by atoms with Crippen LogP contribution in [0.25, 0.3) is 5.76 Å². The molecule has 8 heteroatoms. The Kier molecular flexibility index (Phi) is 9.31. The van der Waals surface area contributed by atoms with Crippen molar-refractivity contribution in [2.45, 2.75) is 52.1 Å². The molecule has 8 nitrogen and oxygen atoms in total. The molecular weight excluding hydrogens is 498 g/mol. The molecule has 0 bridgehead atoms. The smallest absolute Gasteiger partial charge is 0.296 e. The molecule has 1 atom stereocenters. The van der Waals surface area contributed by atoms with Gasteiger partial charge >= 0.3 is 0 Å². The number of unbranched alkanes of at least 4 members (excludes halogenated alkanes) is 2. The number of nitrogens with zero attached hydrogens (tertiary/aromatic N) is 1. The van der Waals surface area contributed by atoms with Gasteiger partial charge in [0, 0.05) is 5.56 Å². The minimum Gasteiger partial charge on any atom is -0.507 e. The molecule has 3 aromatic rings. The van der Waals surface area contributed by atoms with Crippen LogP contribution in [0.3, 0.4) is 0 Å². The molecule has 2 aromatic carbocycles. The summed E-state index contributed by atoms with van der Waals surface area (Å²) in [5, 5.41) is 11.4. The number of rotatable bonds is 13. The average Bonchev–Trinajstić information content (AvgIpc) is 3.56. The molecule has 1 saturated heterocycles. The lowest BCUT2D eigenvalue weighted by Gasteiger charge is -2.25. The summed E-state index contributed by atoms with van der Waals surface area (Å²) < 4.78 is 22.6. The molecule has 1 N–H and O–H groups in total. The lowest BCUT2D eigenvalue weighted by molar-refractivity contribution is -0.140. The number of carbonyl (C=O) groups is 2. The topological polar surface area (TPSA) is 98.4 Å². The Morgan fingerprint density at radius 3 is 2.41 bits per heavy atom. The zero-order chi connectivity index (χ0) is 27.8. The van der Waals surface area contributed by atoms with E-state index >= 15 is 0 Å². The lowest BCUT2D eigenvalue weighted by atomic mass is 9.95. The van der Waals surface area contributed by atoms with Gasteiger partial charge in [-0.05, 0) is 66.9 Å². The van der Waals surface area contributed by atoms with E-state index < -0.39 is 17.7 Å². The van der Waals surface area contributed by atoms with Crippen molar-refractivity contribution in [3.8, 4) is 17.2 Å². The Morgan fingerprint density at radius 1 is 0.949 bits per heavy atom. The number of furan rings is 1. The normalized spacial score (nSPS) is 16.5. The minimum absolute atomic E-state index is 0.00699. The fourth-order valence-electron chi connectivity index (χ4n) is 4.55. The molecule has 1 aliphatic heterocycles. The van der Waals surface area contributed by atoms with Crippen molar-refractivity contribution in [3.63, 3.8) is 0 Å². The molecule has 1 unspecified atom stereocenters. The van der Waals surface area contributed by atoms with E-state index in [-0.39, 0.29) is 17.9 Å². The zero-order valence-corrected chi connectivity index (χ0v) is 22.6. The maximum Gasteiger partial charge on any atom is 0.296 e. The number of ketones is 1. The maximum atomic E-state index is 13.4. The molecule has 206 valence electrons. The molecule has 1 aromatic heterocycles. The van der Waals surface area contributed by atoms with Gasteiger partial charge in [-0.15, -0.1) is 0 Å². The maximum absolute atomic E-state index is 13.4. The van der Waals surface area contributed by atoms with Crippen LogP contribution in [0.15, 0.2) is 70.9 Å². The second kappa shape index (κ2) is 13.0. The molecule has 0 radical (unpaired) electrons. The first-order valence-electron chi connectivity index (χ1n) is 13.3. The third-order valence-corrected chi connectivity index (χ3v) is 6.56. The highest BCUT2D eigenvalue weighted by molar-refractivity contribution is 6.46. The van der Waals surface area contributed by atoms with Gasteiger partial charge in [-0.25, -0.2) is 0 Å². The quantitative estimate of drug-likeness (QED) is 0.120. The number of hydrogen-bond donors (Lipinski definition) is 1. The van der Waals surface area contributed by atoms with Crippen LogP contribution in [-0.4, -0.2) is 42.0 Å². The summed E-state index contributed by atoms with van der Waals surface area (Å²) in [5.41, 5.74) is 0.998. The summed E-state index contributed by atoms with van der Waals surface area (Å²) in [5.74, 6) is 0.466. The van der Waals surface area contributed by atoms with Gasteiger partial charge in [-0.2, -0.15) is 0 Å². The fourth-order valence-corrected chi connectivity index (χ4v) is 4.55. The summed E-state index contributed by atoms with van der Waals surface area (Å²) >= 11 is 0. The highest BCUT2D eigenvalue weighted by atomic mass is 16.5. The Balaban J connectivity index is 1.75. The highest BCUT2D eigenvalue weighted by Gasteiger charge is 2.46. The van der Waals surface area contributed by atoms with Crippen LogP contribution >= 0.6 is 0 Å². The predicted molar refractivity (Wildman–Crippen MR) is 147 cm³/mol. The third-order valence-electron chi connectivity index (χ3n) is 6.56. The second-order valence-corrected chi connectivity index (χ2v) is 9.35. The van der Waals surface area contributed by atoms with Crippen LogP contribution in [0, 0.1) is 0 Å². The van der Waals surface area contributed by atoms with Gasteiger partial charge in [0.25, 0.3) is 11.7 Å². The molecule has 0 saturated carbocycles. The first kappa shape index (κ1) is 27.8. The molecule has 1 amide bonds. The van der Waals surface area contributed by atoms with Crippen LogP contribution in [0.5, 0.6) is 17.2 Å². The van der Waals surface area contributed by atoms with Crippen LogP contribution in [0.2, 0.25) is 0 Å². The van der Waals surface area contributed by atoms with E-state index in [0.29, 0.717) is 47.3 Å². The number of Topliss-reactive ketones (excluding diaryl/α,β-unsaturated/α-hetero) is 1. The standard InChI is InChI=1S/C31H35NO7/c1-4-6-7-17-39-25-15-12-22(19-26(25)36-3)28-27(29(33)21-10-13-23(14-11-21)37-16-5-2)30(34)31(35)32(28)20-24-9-8-18-38-24/h8-15,18-19,28,33H,4-7,16-17,20H2,1-3H3. The van der Waals surface area contributed by atoms with Crippen molar-refractivity contribution < 1.29 is 33.3 Å². The SMILES string of the molecule is CCCCCOc1ccc(C2C(=C(O)c3ccc(OCCC)cc3)C(=O)C(=O)N2Cc2ccco2)cc1OC. The van der Waals surface area contributed by atoms with Gasteiger partial charge in [-0.1, -0.05) is 32.8 Å². The first-order chi connectivity index (χ1) is 19.0. The van der Waals surface area contributed by atoms with Crippen molar-refractivity contribution >= 4 is 17.4 Å². The zero-order valence-electron chi connectivity index (χ0n) is 22.6. The van der Waals surface area contributed by atoms with Gasteiger partial charge in [-0.3, -0.25) is 9.59 Å². The summed E-state index contributed by atoms with van der Waals surface area (Å²) in [7, 11) is 1.54. The third kappa shape index (κ3) is 6.28. The number of aliphatic hydroxyl groups excluding tert-OH is 1. The largest absolute Gasteiger partial charge is 0.507 e. The van der Waals surface area contributed by atoms with E-state index in [9.17, 15) is 14.7 Å². The Labute approximate surface area is 228 Å². The van der Waals surface area contributed by atoms with Crippen LogP contribution in [0.1, 0.15) is 62.5 Å². The van der Waals surface area contributed by atoms with Crippen molar-refractivity contribution in [1.29, 1.82) is 0 Å². The number of ether oxygens (including phenoxy) is 3. The van der Waals surface area contributed by atoms with Gasteiger partial charge < -0.3 is 28.6 Å². The van der Waals surface area contributed by atoms with Crippen molar-refractivity contribution in [2.75, 3.05) is 20.3 Å². The van der Waals surface area contributed by atoms with E-state index in [0.717, 1.165) is 25.7 Å². The molecule has 2 heterocycles. The first-order valence-corrected chi connectivity index (χ1v) is 13.3. The lowest BCUT2D eigenvalue weighted by Crippen LogP contribution is -2.29. The summed E-state index contributed by atoms with van der Waals surface area (Å²) in [6.07, 6.45) is 5.45. The van der Waals surface area contributed by atoms with Gasteiger partial charge in [0.2, 0.25) is 0 Å². The molecule has 1 aliphatic rings. The molecule has 0 aliphatic carbocycles. The van der Waals surface area contributed by atoms with Gasteiger partial charge in [0.15, 0.2) is 11.5 Å². The minimum atomic E-state index is -0.867. The molecule has 4 rings (SSSR count). The summed E-state index contributed by atoms with van der Waals surface area (Å²) in [6, 6.07) is 14.7. The average molecular weight is 534 g/mol. The molecule has 0 spiro atoms. The van der Waals surface area contributed by atoms with Crippen LogP contribution < -0.4 is 14.2 Å². The highest BCUT2D eigenvalue weighted by Crippen LogP contribution is 2.43. The fraction of sp³-hybridized carbons (Fsp3) is 0.355. The van der Waals surface area contributed by atoms with Crippen LogP contribution in [-0.2, 0) is 16.1 Å². The molecule has 1 fully saturated rings. The van der Waals surface area contributed by atoms with E-state index in [1.165, 1.54) is 11.2 Å². The number of amides is 1. The van der Waals surface area contributed by atoms with Crippen molar-refractivity contribution in [2.24, 2.45) is 0 Å². The van der Waals surface area contributed by atoms with E-state index in [2.05, 4.69) is 6.92 Å². The number of methoxy groups -OCH3 is 1. The number of likely N-dealkylation sites (tertiary alicyclic amines) is 1. The van der Waals surface area contributed by atoms with E-state index in [1.54, 1.807) is 61.7 Å². The predicted octanol–water partition coefficient (Wildman–Crippen LogP) is 6.27. The number of aliphatic hydroxyl groups is 1. The Morgan fingerprint density at radius 2 is 1.74 bits per heavy atom. The Hall–Kier alpha value is -4.20. The Bertz CT molecular complexity index is 1290. The monoisotopic (exact) mass is 533 g/mol.